The molecule has 0 saturated heterocycles. The fourth-order valence-corrected chi connectivity index (χ4v) is 5.06. The van der Waals surface area contributed by atoms with Crippen molar-refractivity contribution < 1.29 is 13.9 Å². The molecule has 0 aliphatic carbocycles. The molecule has 0 N–H and O–H groups in total. The molecule has 196 valence electrons. The smallest absolute Gasteiger partial charge is 0.311 e. The molecule has 39 heavy (non-hydrogen) atoms. The fraction of sp³-hybridized carbons (Fsp3) is 0.214. The molecule has 0 radical (unpaired) electrons. The topological polar surface area (TPSA) is 109 Å². The van der Waals surface area contributed by atoms with Gasteiger partial charge in [-0.15, -0.1) is 0 Å². The third-order valence-corrected chi connectivity index (χ3v) is 7.12. The predicted molar refractivity (Wildman–Crippen MR) is 146 cm³/mol. The second-order valence-corrected chi connectivity index (χ2v) is 9.60. The minimum absolute atomic E-state index is 0.0644. The van der Waals surface area contributed by atoms with Gasteiger partial charge in [0.25, 0.3) is 0 Å². The first-order valence-corrected chi connectivity index (χ1v) is 13.1. The Balaban J connectivity index is 1.52. The van der Waals surface area contributed by atoms with Crippen LogP contribution in [0.3, 0.4) is 0 Å². The van der Waals surface area contributed by atoms with Gasteiger partial charge in [-0.2, -0.15) is 15.5 Å². The maximum Gasteiger partial charge on any atom is 0.311 e. The van der Waals surface area contributed by atoms with Crippen LogP contribution in [0.15, 0.2) is 54.7 Å². The lowest BCUT2D eigenvalue weighted by molar-refractivity contribution is -0.142. The highest BCUT2D eigenvalue weighted by molar-refractivity contribution is 7.16. The van der Waals surface area contributed by atoms with Gasteiger partial charge in [-0.25, -0.2) is 14.4 Å². The van der Waals surface area contributed by atoms with Crippen LogP contribution >= 0.6 is 11.3 Å². The molecule has 11 heteroatoms. The van der Waals surface area contributed by atoms with E-state index in [1.807, 2.05) is 47.7 Å². The molecular formula is C28H24FN7O2S. The Hall–Kier alpha value is -4.69. The van der Waals surface area contributed by atoms with Crippen LogP contribution in [0.4, 0.5) is 15.3 Å². The fourth-order valence-electron chi connectivity index (χ4n) is 4.21. The summed E-state index contributed by atoms with van der Waals surface area (Å²) in [5.74, 6) is 0.117. The Morgan fingerprint density at radius 2 is 1.85 bits per heavy atom. The van der Waals surface area contributed by atoms with Gasteiger partial charge in [0.2, 0.25) is 0 Å². The Bertz CT molecular complexity index is 1690. The number of aryl methyl sites for hydroxylation is 1. The van der Waals surface area contributed by atoms with E-state index in [2.05, 4.69) is 16.3 Å². The summed E-state index contributed by atoms with van der Waals surface area (Å²) in [7, 11) is 1.88. The van der Waals surface area contributed by atoms with Crippen LogP contribution in [0, 0.1) is 17.1 Å². The number of nitriles is 1. The first kappa shape index (κ1) is 25.9. The molecule has 0 bridgehead atoms. The summed E-state index contributed by atoms with van der Waals surface area (Å²) in [5.41, 5.74) is 4.78. The van der Waals surface area contributed by atoms with Crippen LogP contribution < -0.4 is 4.90 Å². The van der Waals surface area contributed by atoms with Gasteiger partial charge in [-0.05, 0) is 61.9 Å². The first-order chi connectivity index (χ1) is 18.9. The third-order valence-electron chi connectivity index (χ3n) is 6.08. The number of aromatic nitrogens is 5. The normalized spacial score (nSPS) is 10.9. The lowest BCUT2D eigenvalue weighted by atomic mass is 10.1. The molecule has 0 amide bonds. The Morgan fingerprint density at radius 1 is 1.08 bits per heavy atom. The van der Waals surface area contributed by atoms with Crippen LogP contribution in [-0.2, 0) is 22.4 Å². The molecule has 0 spiro atoms. The van der Waals surface area contributed by atoms with E-state index in [1.54, 1.807) is 25.1 Å². The number of anilines is 2. The molecular weight excluding hydrogens is 517 g/mol. The Labute approximate surface area is 228 Å². The number of nitrogens with zero attached hydrogens (tertiary/aromatic N) is 7. The zero-order valence-electron chi connectivity index (χ0n) is 21.6. The number of hydrogen-bond acceptors (Lipinski definition) is 9. The van der Waals surface area contributed by atoms with Crippen molar-refractivity contribution in [2.75, 3.05) is 18.6 Å². The average Bonchev–Trinajstić information content (AvgIpc) is 3.55. The van der Waals surface area contributed by atoms with Gasteiger partial charge in [0, 0.05) is 24.4 Å². The Kier molecular flexibility index (Phi) is 7.29. The van der Waals surface area contributed by atoms with E-state index in [0.717, 1.165) is 22.7 Å². The number of carbonyl (C=O) groups is 1. The van der Waals surface area contributed by atoms with Crippen molar-refractivity contribution in [2.45, 2.75) is 26.7 Å². The average molecular weight is 542 g/mol. The van der Waals surface area contributed by atoms with Crippen LogP contribution in [0.25, 0.3) is 28.2 Å². The number of carbonyl (C=O) groups excluding carboxylic acids is 1. The maximum absolute atomic E-state index is 13.5. The van der Waals surface area contributed by atoms with Gasteiger partial charge in [-0.1, -0.05) is 18.3 Å². The molecule has 9 nitrogen and oxygen atoms in total. The lowest BCUT2D eigenvalue weighted by Gasteiger charge is -2.17. The maximum atomic E-state index is 13.5. The molecule has 5 aromatic rings. The summed E-state index contributed by atoms with van der Waals surface area (Å²) < 4.78 is 20.4. The van der Waals surface area contributed by atoms with Gasteiger partial charge < -0.3 is 9.64 Å². The molecule has 0 aliphatic rings. The van der Waals surface area contributed by atoms with E-state index >= 15 is 0 Å². The molecule has 4 heterocycles. The molecule has 4 aromatic heterocycles. The number of fused-ring (bicyclic) bond motifs is 1. The van der Waals surface area contributed by atoms with Gasteiger partial charge in [0.1, 0.15) is 33.9 Å². The van der Waals surface area contributed by atoms with Gasteiger partial charge in [0.05, 0.1) is 30.1 Å². The van der Waals surface area contributed by atoms with E-state index in [9.17, 15) is 14.4 Å². The zero-order valence-corrected chi connectivity index (χ0v) is 22.4. The number of halogens is 1. The molecule has 0 fully saturated rings. The van der Waals surface area contributed by atoms with Gasteiger partial charge in [-0.3, -0.25) is 9.20 Å². The largest absolute Gasteiger partial charge is 0.466 e. The van der Waals surface area contributed by atoms with Crippen molar-refractivity contribution in [3.8, 4) is 28.6 Å². The van der Waals surface area contributed by atoms with Crippen molar-refractivity contribution >= 4 is 33.9 Å². The molecule has 0 aliphatic heterocycles. The summed E-state index contributed by atoms with van der Waals surface area (Å²) in [6.07, 6.45) is 2.68. The highest BCUT2D eigenvalue weighted by atomic mass is 32.1. The summed E-state index contributed by atoms with van der Waals surface area (Å²) in [5, 5.41) is 18.9. The van der Waals surface area contributed by atoms with E-state index in [0.29, 0.717) is 45.7 Å². The van der Waals surface area contributed by atoms with Crippen LogP contribution in [0.1, 0.15) is 30.1 Å². The minimum Gasteiger partial charge on any atom is -0.466 e. The number of thiazole rings is 1. The zero-order chi connectivity index (χ0) is 27.5. The Morgan fingerprint density at radius 3 is 2.51 bits per heavy atom. The number of ether oxygens (including phenoxy) is 1. The monoisotopic (exact) mass is 541 g/mol. The van der Waals surface area contributed by atoms with E-state index in [-0.39, 0.29) is 18.2 Å². The van der Waals surface area contributed by atoms with Gasteiger partial charge >= 0.3 is 5.97 Å². The van der Waals surface area contributed by atoms with E-state index < -0.39 is 0 Å². The van der Waals surface area contributed by atoms with Crippen molar-refractivity contribution in [1.29, 1.82) is 5.26 Å². The van der Waals surface area contributed by atoms with Gasteiger partial charge in [0.15, 0.2) is 5.13 Å². The molecule has 0 atom stereocenters. The lowest BCUT2D eigenvalue weighted by Crippen LogP contribution is -2.13. The second-order valence-electron chi connectivity index (χ2n) is 8.63. The summed E-state index contributed by atoms with van der Waals surface area (Å²) in [4.78, 5) is 23.7. The number of imidazole rings is 1. The first-order valence-electron chi connectivity index (χ1n) is 12.3. The predicted octanol–water partition coefficient (Wildman–Crippen LogP) is 5.36. The summed E-state index contributed by atoms with van der Waals surface area (Å²) >= 11 is 1.26. The summed E-state index contributed by atoms with van der Waals surface area (Å²) in [6, 6.07) is 15.6. The molecule has 5 rings (SSSR count). The number of hydrogen-bond donors (Lipinski definition) is 0. The molecule has 0 unspecified atom stereocenters. The third kappa shape index (κ3) is 5.19. The van der Waals surface area contributed by atoms with Crippen LogP contribution in [0.2, 0.25) is 0 Å². The van der Waals surface area contributed by atoms with Crippen molar-refractivity contribution in [1.82, 2.24) is 24.6 Å². The SMILES string of the molecule is CCOC(=O)Cc1ccc(-c2ccc3nc(CC)c(N(C)c4nc(-c5ccc(F)cc5)c(C#N)s4)n3c2)nn1. The quantitative estimate of drug-likeness (QED) is 0.242. The second kappa shape index (κ2) is 11.0. The van der Waals surface area contributed by atoms with E-state index in [4.69, 9.17) is 14.7 Å². The number of pyridine rings is 1. The number of esters is 1. The molecule has 1 aromatic carbocycles. The number of rotatable bonds is 8. The standard InChI is InChI=1S/C28H24FN7O2S/c1-4-21-27(35(3)28-32-26(23(15-30)39-28)17-6-9-19(29)10-7-17)36-16-18(8-13-24(36)31-21)22-12-11-20(33-34-22)14-25(37)38-5-2/h6-13,16H,4-5,14H2,1-3H3. The van der Waals surface area contributed by atoms with Crippen LogP contribution in [0.5, 0.6) is 0 Å². The minimum atomic E-state index is -0.350. The van der Waals surface area contributed by atoms with Crippen LogP contribution in [-0.4, -0.2) is 44.2 Å². The number of benzene rings is 1. The molecule has 0 saturated carbocycles. The van der Waals surface area contributed by atoms with Crippen molar-refractivity contribution in [3.63, 3.8) is 0 Å². The van der Waals surface area contributed by atoms with Crippen molar-refractivity contribution in [3.05, 3.63) is 76.8 Å². The van der Waals surface area contributed by atoms with E-state index in [1.165, 1.54) is 23.5 Å². The van der Waals surface area contributed by atoms with Crippen molar-refractivity contribution in [2.24, 2.45) is 0 Å². The highest BCUT2D eigenvalue weighted by Crippen LogP contribution is 2.37. The highest BCUT2D eigenvalue weighted by Gasteiger charge is 2.22. The summed E-state index contributed by atoms with van der Waals surface area (Å²) in [6.45, 7) is 4.11.